The number of ether oxygens (including phenoxy) is 2. The zero-order valence-electron chi connectivity index (χ0n) is 20.7. The van der Waals surface area contributed by atoms with E-state index in [2.05, 4.69) is 54.4 Å². The number of aliphatic hydroxyl groups excluding tert-OH is 1. The van der Waals surface area contributed by atoms with Crippen LogP contribution in [-0.2, 0) is 14.3 Å². The average Bonchev–Trinajstić information content (AvgIpc) is 3.23. The van der Waals surface area contributed by atoms with E-state index in [1.54, 1.807) is 0 Å². The summed E-state index contributed by atoms with van der Waals surface area (Å²) in [5, 5.41) is 13.0. The number of amides is 1. The number of likely N-dealkylation sites (tertiary alicyclic amines) is 1. The Morgan fingerprint density at radius 1 is 1.24 bits per heavy atom. The van der Waals surface area contributed by atoms with E-state index in [1.807, 2.05) is 12.2 Å². The molecule has 3 atom stereocenters. The summed E-state index contributed by atoms with van der Waals surface area (Å²) in [5.74, 6) is -1.10. The molecule has 3 rings (SSSR count). The van der Waals surface area contributed by atoms with Crippen molar-refractivity contribution < 1.29 is 19.4 Å². The molecule has 1 aliphatic heterocycles. The molecule has 1 aliphatic carbocycles. The molecule has 0 radical (unpaired) electrons. The minimum absolute atomic E-state index is 0.0232. The fourth-order valence-electron chi connectivity index (χ4n) is 4.70. The van der Waals surface area contributed by atoms with Crippen LogP contribution in [0.3, 0.4) is 0 Å². The van der Waals surface area contributed by atoms with Gasteiger partial charge >= 0.3 is 0 Å². The Morgan fingerprint density at radius 3 is 2.71 bits per heavy atom. The zero-order chi connectivity index (χ0) is 24.4. The molecule has 7 nitrogen and oxygen atoms in total. The van der Waals surface area contributed by atoms with E-state index >= 15 is 0 Å². The van der Waals surface area contributed by atoms with Crippen molar-refractivity contribution >= 4 is 11.5 Å². The summed E-state index contributed by atoms with van der Waals surface area (Å²) >= 11 is 0. The van der Waals surface area contributed by atoms with Crippen LogP contribution in [-0.4, -0.2) is 73.7 Å². The monoisotopic (exact) mass is 471 g/mol. The fourth-order valence-corrected chi connectivity index (χ4v) is 4.70. The van der Waals surface area contributed by atoms with Crippen LogP contribution in [0.15, 0.2) is 42.5 Å². The molecule has 0 spiro atoms. The molecule has 1 aromatic carbocycles. The van der Waals surface area contributed by atoms with Crippen LogP contribution in [0.1, 0.15) is 43.7 Å². The molecule has 1 amide bonds. The summed E-state index contributed by atoms with van der Waals surface area (Å²) in [6, 6.07) is 8.42. The molecule has 0 aromatic heterocycles. The van der Waals surface area contributed by atoms with Crippen molar-refractivity contribution in [1.29, 1.82) is 0 Å². The van der Waals surface area contributed by atoms with Crippen molar-refractivity contribution in [3.63, 3.8) is 0 Å². The van der Waals surface area contributed by atoms with Crippen molar-refractivity contribution in [2.75, 3.05) is 45.9 Å². The minimum Gasteiger partial charge on any atom is -0.392 e. The van der Waals surface area contributed by atoms with Gasteiger partial charge in [-0.2, -0.15) is 0 Å². The van der Waals surface area contributed by atoms with Gasteiger partial charge in [-0.25, -0.2) is 0 Å². The number of β-amino-alcohol motifs (C(OH)–C–C–N with tert-alkyl or cyclic N) is 1. The first-order chi connectivity index (χ1) is 16.4. The Morgan fingerprint density at radius 2 is 2.00 bits per heavy atom. The van der Waals surface area contributed by atoms with E-state index in [9.17, 15) is 9.90 Å². The summed E-state index contributed by atoms with van der Waals surface area (Å²) in [4.78, 5) is 13.2. The quantitative estimate of drug-likeness (QED) is 0.285. The summed E-state index contributed by atoms with van der Waals surface area (Å²) in [6.07, 6.45) is 8.93. The molecular formula is C27H41N3O4. The number of rotatable bonds is 14. The molecule has 1 saturated heterocycles. The lowest BCUT2D eigenvalue weighted by molar-refractivity contribution is -0.223. The number of hydrogen-bond donors (Lipinski definition) is 3. The standard InChI is InChI=1S/C27H41N3O4/c1-21-8-3-4-9-24(21)25-10-5-13-27(22(25)2,33-18-6-14-29-15-11-26(28)32)34-19-7-16-30-17-12-23(31)20-30/h3-5,8-10,13,22-23,29,31H,6-7,11-12,14-20H2,1-2H3,(H2,28,32)/t22-,23?,27?/m1/s1. The van der Waals surface area contributed by atoms with Crippen molar-refractivity contribution in [2.45, 2.75) is 51.4 Å². The van der Waals surface area contributed by atoms with E-state index < -0.39 is 5.79 Å². The van der Waals surface area contributed by atoms with Gasteiger partial charge in [0.25, 0.3) is 0 Å². The van der Waals surface area contributed by atoms with Crippen LogP contribution in [0.25, 0.3) is 5.57 Å². The van der Waals surface area contributed by atoms with Crippen LogP contribution >= 0.6 is 0 Å². The first kappa shape index (κ1) is 26.6. The first-order valence-corrected chi connectivity index (χ1v) is 12.5. The van der Waals surface area contributed by atoms with E-state index in [4.69, 9.17) is 15.2 Å². The SMILES string of the molecule is Cc1ccccc1C1=CC=CC(OCCCNCCC(N)=O)(OCCCN2CCC(O)C2)[C@@H]1C. The maximum absolute atomic E-state index is 10.9. The van der Waals surface area contributed by atoms with Crippen LogP contribution in [0.5, 0.6) is 0 Å². The molecule has 4 N–H and O–H groups in total. The summed E-state index contributed by atoms with van der Waals surface area (Å²) < 4.78 is 13.0. The predicted octanol–water partition coefficient (Wildman–Crippen LogP) is 2.63. The zero-order valence-corrected chi connectivity index (χ0v) is 20.7. The Hall–Kier alpha value is -2.03. The average molecular weight is 472 g/mol. The number of benzene rings is 1. The van der Waals surface area contributed by atoms with Gasteiger partial charge in [0.15, 0.2) is 5.79 Å². The van der Waals surface area contributed by atoms with Crippen LogP contribution in [0, 0.1) is 12.8 Å². The highest BCUT2D eigenvalue weighted by Gasteiger charge is 2.40. The van der Waals surface area contributed by atoms with Crippen molar-refractivity contribution in [1.82, 2.24) is 10.2 Å². The highest BCUT2D eigenvalue weighted by molar-refractivity contribution is 5.74. The minimum atomic E-state index is -0.829. The Kier molecular flexibility index (Phi) is 10.3. The number of primary amides is 1. The van der Waals surface area contributed by atoms with Gasteiger partial charge in [-0.05, 0) is 55.5 Å². The Labute approximate surface area is 204 Å². The Balaban J connectivity index is 1.60. The molecule has 1 heterocycles. The highest BCUT2D eigenvalue weighted by atomic mass is 16.7. The highest BCUT2D eigenvalue weighted by Crippen LogP contribution is 2.40. The van der Waals surface area contributed by atoms with Crippen molar-refractivity contribution in [2.24, 2.45) is 11.7 Å². The molecule has 7 heteroatoms. The third kappa shape index (κ3) is 7.48. The Bertz CT molecular complexity index is 856. The third-order valence-corrected chi connectivity index (χ3v) is 6.70. The maximum atomic E-state index is 10.9. The number of nitrogens with two attached hydrogens (primary N) is 1. The van der Waals surface area contributed by atoms with Gasteiger partial charge in [0.05, 0.1) is 19.3 Å². The predicted molar refractivity (Wildman–Crippen MR) is 135 cm³/mol. The van der Waals surface area contributed by atoms with E-state index in [-0.39, 0.29) is 17.9 Å². The number of hydrogen-bond acceptors (Lipinski definition) is 6. The second kappa shape index (κ2) is 13.2. The molecule has 188 valence electrons. The van der Waals surface area contributed by atoms with Crippen molar-refractivity contribution in [3.8, 4) is 0 Å². The maximum Gasteiger partial charge on any atom is 0.218 e. The van der Waals surface area contributed by atoms with Gasteiger partial charge in [0.2, 0.25) is 5.91 Å². The number of allylic oxidation sites excluding steroid dienone is 2. The van der Waals surface area contributed by atoms with Gasteiger partial charge in [-0.3, -0.25) is 4.79 Å². The summed E-state index contributed by atoms with van der Waals surface area (Å²) in [6.45, 7) is 9.36. The van der Waals surface area contributed by atoms with Gasteiger partial charge in [-0.1, -0.05) is 43.3 Å². The van der Waals surface area contributed by atoms with Crippen LogP contribution in [0.4, 0.5) is 0 Å². The molecule has 2 unspecified atom stereocenters. The molecule has 34 heavy (non-hydrogen) atoms. The number of carbonyl (C=O) groups is 1. The number of aryl methyl sites for hydroxylation is 1. The van der Waals surface area contributed by atoms with E-state index in [1.165, 1.54) is 16.7 Å². The van der Waals surface area contributed by atoms with Crippen molar-refractivity contribution in [3.05, 3.63) is 53.6 Å². The topological polar surface area (TPSA) is 97.0 Å². The molecule has 0 bridgehead atoms. The van der Waals surface area contributed by atoms with Gasteiger partial charge in [0, 0.05) is 38.5 Å². The largest absolute Gasteiger partial charge is 0.392 e. The molecular weight excluding hydrogens is 430 g/mol. The normalized spacial score (nSPS) is 25.0. The molecule has 1 fully saturated rings. The molecule has 2 aliphatic rings. The van der Waals surface area contributed by atoms with Gasteiger partial charge in [-0.15, -0.1) is 0 Å². The second-order valence-corrected chi connectivity index (χ2v) is 9.35. The second-order valence-electron chi connectivity index (χ2n) is 9.35. The lowest BCUT2D eigenvalue weighted by atomic mass is 9.82. The number of nitrogens with zero attached hydrogens (tertiary/aromatic N) is 1. The smallest absolute Gasteiger partial charge is 0.218 e. The summed E-state index contributed by atoms with van der Waals surface area (Å²) in [5.41, 5.74) is 8.85. The lowest BCUT2D eigenvalue weighted by Gasteiger charge is -2.40. The number of nitrogens with one attached hydrogen (secondary N) is 1. The summed E-state index contributed by atoms with van der Waals surface area (Å²) in [7, 11) is 0. The third-order valence-electron chi connectivity index (χ3n) is 6.70. The lowest BCUT2D eigenvalue weighted by Crippen LogP contribution is -2.43. The molecule has 0 saturated carbocycles. The van der Waals surface area contributed by atoms with Crippen LogP contribution < -0.4 is 11.1 Å². The number of aliphatic hydroxyl groups is 1. The first-order valence-electron chi connectivity index (χ1n) is 12.5. The van der Waals surface area contributed by atoms with E-state index in [0.29, 0.717) is 26.2 Å². The molecule has 1 aromatic rings. The van der Waals surface area contributed by atoms with Crippen LogP contribution in [0.2, 0.25) is 0 Å². The van der Waals surface area contributed by atoms with Gasteiger partial charge in [0.1, 0.15) is 0 Å². The number of carbonyl (C=O) groups excluding carboxylic acids is 1. The fraction of sp³-hybridized carbons (Fsp3) is 0.593. The van der Waals surface area contributed by atoms with Gasteiger partial charge < -0.3 is 30.5 Å². The van der Waals surface area contributed by atoms with E-state index in [0.717, 1.165) is 45.4 Å².